The Kier molecular flexibility index (Phi) is 3.41. The van der Waals surface area contributed by atoms with Gasteiger partial charge in [-0.05, 0) is 22.0 Å². The van der Waals surface area contributed by atoms with E-state index in [-0.39, 0.29) is 19.5 Å². The largest absolute Gasteiger partial charge is 0.477 e. The van der Waals surface area contributed by atoms with Gasteiger partial charge >= 0.3 is 5.97 Å². The number of carboxylic acid groups (broad SMARTS) is 1. The Balaban J connectivity index is 2.38. The van der Waals surface area contributed by atoms with Crippen LogP contribution in [0.2, 0.25) is 0 Å². The smallest absolute Gasteiger partial charge is 0.345 e. The number of imidazole rings is 1. The molecule has 3 N–H and O–H groups in total. The van der Waals surface area contributed by atoms with E-state index in [4.69, 9.17) is 5.11 Å². The molecule has 2 rings (SSSR count). The summed E-state index contributed by atoms with van der Waals surface area (Å²) in [5.41, 5.74) is 0. The highest BCUT2D eigenvalue weighted by atomic mass is 79.9. The monoisotopic (exact) mass is 351 g/mol. The van der Waals surface area contributed by atoms with Crippen molar-refractivity contribution in [2.24, 2.45) is 0 Å². The lowest BCUT2D eigenvalue weighted by Crippen LogP contribution is -2.13. The molecule has 0 unspecified atom stereocenters. The maximum absolute atomic E-state index is 12.0. The first-order chi connectivity index (χ1) is 8.40. The number of nitrogens with one attached hydrogen (secondary N) is 2. The number of nitrogens with zero attached hydrogens (tertiary/aromatic N) is 1. The van der Waals surface area contributed by atoms with Crippen LogP contribution >= 0.6 is 27.3 Å². The van der Waals surface area contributed by atoms with Crippen molar-refractivity contribution in [2.45, 2.75) is 4.90 Å². The summed E-state index contributed by atoms with van der Waals surface area (Å²) in [6, 6.07) is 1.09. The van der Waals surface area contributed by atoms with Gasteiger partial charge in [-0.1, -0.05) is 0 Å². The number of H-pyrrole nitrogens is 1. The Morgan fingerprint density at radius 3 is 2.78 bits per heavy atom. The number of carbonyl (C=O) groups is 1. The summed E-state index contributed by atoms with van der Waals surface area (Å²) in [4.78, 5) is 16.9. The van der Waals surface area contributed by atoms with Crippen LogP contribution in [0.3, 0.4) is 0 Å². The van der Waals surface area contributed by atoms with Crippen LogP contribution in [0.15, 0.2) is 27.1 Å². The van der Waals surface area contributed by atoms with E-state index in [2.05, 4.69) is 30.6 Å². The zero-order chi connectivity index (χ0) is 13.3. The van der Waals surface area contributed by atoms with Gasteiger partial charge in [-0.3, -0.25) is 0 Å². The van der Waals surface area contributed by atoms with Gasteiger partial charge in [0.25, 0.3) is 10.0 Å². The van der Waals surface area contributed by atoms with E-state index in [9.17, 15) is 13.2 Å². The Morgan fingerprint density at radius 1 is 1.56 bits per heavy atom. The fraction of sp³-hybridized carbons (Fsp3) is 0. The topological polar surface area (TPSA) is 112 Å². The van der Waals surface area contributed by atoms with E-state index < -0.39 is 16.0 Å². The number of aromatic carboxylic acids is 1. The van der Waals surface area contributed by atoms with E-state index in [0.29, 0.717) is 0 Å². The van der Waals surface area contributed by atoms with Crippen LogP contribution in [0.1, 0.15) is 9.67 Å². The van der Waals surface area contributed by atoms with Gasteiger partial charge in [0.1, 0.15) is 9.77 Å². The lowest BCUT2D eigenvalue weighted by Gasteiger charge is -2.03. The maximum atomic E-state index is 12.0. The van der Waals surface area contributed by atoms with Gasteiger partial charge in [0, 0.05) is 12.4 Å². The molecule has 2 aromatic rings. The van der Waals surface area contributed by atoms with E-state index in [1.165, 1.54) is 12.4 Å². The number of anilines is 1. The Bertz CT molecular complexity index is 677. The molecule has 0 amide bonds. The van der Waals surface area contributed by atoms with Crippen molar-refractivity contribution < 1.29 is 18.3 Å². The second-order valence-electron chi connectivity index (χ2n) is 3.10. The zero-order valence-corrected chi connectivity index (χ0v) is 11.8. The molecule has 10 heteroatoms. The number of sulfonamides is 1. The first-order valence-corrected chi connectivity index (χ1v) is 7.54. The van der Waals surface area contributed by atoms with Crippen molar-refractivity contribution in [1.82, 2.24) is 9.97 Å². The third kappa shape index (κ3) is 2.54. The summed E-state index contributed by atoms with van der Waals surface area (Å²) in [5, 5.41) is 8.80. The minimum Gasteiger partial charge on any atom is -0.477 e. The SMILES string of the molecule is O=C(O)c1cc(S(=O)(=O)Nc2ncc[nH]2)c(Br)s1. The fourth-order valence-corrected chi connectivity index (χ4v) is 4.53. The molecule has 0 saturated heterocycles. The van der Waals surface area contributed by atoms with Crippen molar-refractivity contribution in [3.8, 4) is 0 Å². The van der Waals surface area contributed by atoms with Crippen LogP contribution in [0, 0.1) is 0 Å². The number of hydrogen-bond donors (Lipinski definition) is 3. The molecule has 0 bridgehead atoms. The van der Waals surface area contributed by atoms with Gasteiger partial charge < -0.3 is 10.1 Å². The van der Waals surface area contributed by atoms with Crippen LogP contribution in [0.4, 0.5) is 5.95 Å². The molecule has 96 valence electrons. The van der Waals surface area contributed by atoms with Gasteiger partial charge in [-0.2, -0.15) is 0 Å². The summed E-state index contributed by atoms with van der Waals surface area (Å²) in [5.74, 6) is -1.12. The number of aromatic amines is 1. The van der Waals surface area contributed by atoms with E-state index in [0.717, 1.165) is 17.4 Å². The predicted molar refractivity (Wildman–Crippen MR) is 68.4 cm³/mol. The molecule has 0 aliphatic heterocycles. The third-order valence-corrected chi connectivity index (χ3v) is 5.46. The van der Waals surface area contributed by atoms with Gasteiger partial charge in [0.15, 0.2) is 0 Å². The van der Waals surface area contributed by atoms with Gasteiger partial charge in [-0.15, -0.1) is 11.3 Å². The number of rotatable bonds is 4. The van der Waals surface area contributed by atoms with Crippen LogP contribution in [-0.4, -0.2) is 29.5 Å². The summed E-state index contributed by atoms with van der Waals surface area (Å²) >= 11 is 3.86. The minimum atomic E-state index is -3.87. The lowest BCUT2D eigenvalue weighted by atomic mass is 10.5. The van der Waals surface area contributed by atoms with Gasteiger partial charge in [0.05, 0.1) is 3.79 Å². The highest BCUT2D eigenvalue weighted by molar-refractivity contribution is 9.11. The number of carboxylic acids is 1. The summed E-state index contributed by atoms with van der Waals surface area (Å²) in [6.45, 7) is 0. The van der Waals surface area contributed by atoms with Crippen molar-refractivity contribution in [1.29, 1.82) is 0 Å². The summed E-state index contributed by atoms with van der Waals surface area (Å²) in [6.07, 6.45) is 2.85. The molecule has 2 aromatic heterocycles. The van der Waals surface area contributed by atoms with E-state index in [1.54, 1.807) is 0 Å². The molecule has 2 heterocycles. The maximum Gasteiger partial charge on any atom is 0.345 e. The zero-order valence-electron chi connectivity index (χ0n) is 8.55. The normalized spacial score (nSPS) is 11.4. The molecule has 0 aliphatic carbocycles. The molecule has 0 saturated carbocycles. The van der Waals surface area contributed by atoms with Crippen LogP contribution < -0.4 is 4.72 Å². The highest BCUT2D eigenvalue weighted by Crippen LogP contribution is 2.32. The van der Waals surface area contributed by atoms with Crippen molar-refractivity contribution in [3.63, 3.8) is 0 Å². The Morgan fingerprint density at radius 2 is 2.28 bits per heavy atom. The Labute approximate surface area is 114 Å². The molecule has 0 aromatic carbocycles. The molecular weight excluding hydrogens is 346 g/mol. The van der Waals surface area contributed by atoms with Crippen molar-refractivity contribution in [2.75, 3.05) is 4.72 Å². The number of halogens is 1. The van der Waals surface area contributed by atoms with Crippen molar-refractivity contribution in [3.05, 3.63) is 27.1 Å². The molecule has 7 nitrogen and oxygen atoms in total. The second-order valence-corrected chi connectivity index (χ2v) is 7.12. The number of aromatic nitrogens is 2. The number of thiophene rings is 1. The summed E-state index contributed by atoms with van der Waals surface area (Å²) < 4.78 is 26.4. The fourth-order valence-electron chi connectivity index (χ4n) is 1.14. The quantitative estimate of drug-likeness (QED) is 0.776. The standard InChI is InChI=1S/C8H6BrN3O4S2/c9-6-5(3-4(17-6)7(13)14)18(15,16)12-8-10-1-2-11-8/h1-3H,(H,13,14)(H2,10,11,12). The molecule has 0 radical (unpaired) electrons. The number of hydrogen-bond acceptors (Lipinski definition) is 5. The molecular formula is C8H6BrN3O4S2. The van der Waals surface area contributed by atoms with E-state index in [1.807, 2.05) is 0 Å². The average Bonchev–Trinajstić information content (AvgIpc) is 2.86. The van der Waals surface area contributed by atoms with Crippen LogP contribution in [0.25, 0.3) is 0 Å². The molecule has 0 fully saturated rings. The molecule has 0 spiro atoms. The van der Waals surface area contributed by atoms with Crippen LogP contribution in [0.5, 0.6) is 0 Å². The average molecular weight is 352 g/mol. The highest BCUT2D eigenvalue weighted by Gasteiger charge is 2.23. The van der Waals surface area contributed by atoms with Crippen LogP contribution in [-0.2, 0) is 10.0 Å². The predicted octanol–water partition coefficient (Wildman–Crippen LogP) is 1.73. The molecule has 18 heavy (non-hydrogen) atoms. The van der Waals surface area contributed by atoms with Gasteiger partial charge in [0.2, 0.25) is 5.95 Å². The molecule has 0 atom stereocenters. The molecule has 0 aliphatic rings. The lowest BCUT2D eigenvalue weighted by molar-refractivity contribution is 0.0702. The van der Waals surface area contributed by atoms with Gasteiger partial charge in [-0.25, -0.2) is 22.9 Å². The minimum absolute atomic E-state index is 0.0602. The first kappa shape index (κ1) is 13.1. The summed E-state index contributed by atoms with van der Waals surface area (Å²) in [7, 11) is -3.87. The van der Waals surface area contributed by atoms with Crippen molar-refractivity contribution >= 4 is 49.2 Å². The Hall–Kier alpha value is -1.39. The van der Waals surface area contributed by atoms with E-state index >= 15 is 0 Å². The second kappa shape index (κ2) is 4.71. The first-order valence-electron chi connectivity index (χ1n) is 4.45. The third-order valence-electron chi connectivity index (χ3n) is 1.89.